The van der Waals surface area contributed by atoms with E-state index in [9.17, 15) is 0 Å². The highest BCUT2D eigenvalue weighted by atomic mass is 15.3. The molecule has 2 N–H and O–H groups in total. The Kier molecular flexibility index (Phi) is 5.11. The van der Waals surface area contributed by atoms with E-state index in [-0.39, 0.29) is 12.1 Å². The summed E-state index contributed by atoms with van der Waals surface area (Å²) in [6, 6.07) is 0.315. The SMILES string of the molecule is CC(N)C(c1cnn(C)c1)N(C)CCN(C)C. The number of nitrogens with two attached hydrogens (primary N) is 1. The van der Waals surface area contributed by atoms with Gasteiger partial charge >= 0.3 is 0 Å². The molecule has 2 atom stereocenters. The number of hydrogen-bond donors (Lipinski definition) is 1. The molecule has 0 radical (unpaired) electrons. The zero-order chi connectivity index (χ0) is 13.0. The Morgan fingerprint density at radius 1 is 1.35 bits per heavy atom. The van der Waals surface area contributed by atoms with Crippen LogP contribution >= 0.6 is 0 Å². The van der Waals surface area contributed by atoms with E-state index in [1.807, 2.05) is 31.0 Å². The van der Waals surface area contributed by atoms with Gasteiger partial charge in [-0.1, -0.05) is 0 Å². The minimum absolute atomic E-state index is 0.0892. The average Bonchev–Trinajstić information content (AvgIpc) is 2.61. The molecule has 1 heterocycles. The third kappa shape index (κ3) is 4.11. The van der Waals surface area contributed by atoms with Crippen molar-refractivity contribution in [1.82, 2.24) is 19.6 Å². The fraction of sp³-hybridized carbons (Fsp3) is 0.750. The Morgan fingerprint density at radius 3 is 2.41 bits per heavy atom. The zero-order valence-corrected chi connectivity index (χ0v) is 11.6. The van der Waals surface area contributed by atoms with Crippen LogP contribution in [0.4, 0.5) is 0 Å². The smallest absolute Gasteiger partial charge is 0.0538 e. The van der Waals surface area contributed by atoms with Crippen LogP contribution in [0.25, 0.3) is 0 Å². The fourth-order valence-electron chi connectivity index (χ4n) is 2.05. The van der Waals surface area contributed by atoms with Crippen molar-refractivity contribution in [2.45, 2.75) is 19.0 Å². The lowest BCUT2D eigenvalue weighted by Crippen LogP contribution is -2.40. The van der Waals surface area contributed by atoms with Crippen LogP contribution < -0.4 is 5.73 Å². The first-order valence-corrected chi connectivity index (χ1v) is 6.01. The fourth-order valence-corrected chi connectivity index (χ4v) is 2.05. The van der Waals surface area contributed by atoms with E-state index >= 15 is 0 Å². The lowest BCUT2D eigenvalue weighted by molar-refractivity contribution is 0.198. The maximum atomic E-state index is 6.09. The maximum Gasteiger partial charge on any atom is 0.0538 e. The minimum Gasteiger partial charge on any atom is -0.326 e. The van der Waals surface area contributed by atoms with Crippen molar-refractivity contribution < 1.29 is 0 Å². The molecule has 0 aliphatic heterocycles. The van der Waals surface area contributed by atoms with Crippen molar-refractivity contribution in [2.75, 3.05) is 34.2 Å². The van der Waals surface area contributed by atoms with Gasteiger partial charge in [0, 0.05) is 37.9 Å². The van der Waals surface area contributed by atoms with E-state index in [0.717, 1.165) is 13.1 Å². The van der Waals surface area contributed by atoms with Crippen LogP contribution in [-0.2, 0) is 7.05 Å². The molecule has 5 nitrogen and oxygen atoms in total. The summed E-state index contributed by atoms with van der Waals surface area (Å²) in [7, 11) is 8.21. The second-order valence-corrected chi connectivity index (χ2v) is 5.04. The average molecular weight is 239 g/mol. The molecule has 0 bridgehead atoms. The van der Waals surface area contributed by atoms with Gasteiger partial charge in [-0.25, -0.2) is 0 Å². The van der Waals surface area contributed by atoms with Crippen LogP contribution in [0.2, 0.25) is 0 Å². The topological polar surface area (TPSA) is 50.3 Å². The predicted octanol–water partition coefficient (Wildman–Crippen LogP) is 0.302. The molecule has 0 spiro atoms. The van der Waals surface area contributed by atoms with Gasteiger partial charge in [-0.2, -0.15) is 5.10 Å². The number of aromatic nitrogens is 2. The molecule has 1 rings (SSSR count). The van der Waals surface area contributed by atoms with Crippen LogP contribution in [0.5, 0.6) is 0 Å². The van der Waals surface area contributed by atoms with Crippen LogP contribution in [-0.4, -0.2) is 59.9 Å². The molecule has 1 aromatic rings. The highest BCUT2D eigenvalue weighted by Gasteiger charge is 2.22. The summed E-state index contributed by atoms with van der Waals surface area (Å²) < 4.78 is 1.82. The first-order valence-electron chi connectivity index (χ1n) is 6.01. The molecule has 0 saturated carbocycles. The van der Waals surface area contributed by atoms with Gasteiger partial charge in [-0.3, -0.25) is 9.58 Å². The molecule has 0 aromatic carbocycles. The Bertz CT molecular complexity index is 331. The standard InChI is InChI=1S/C12H25N5/c1-10(13)12(11-8-14-17(5)9-11)16(4)7-6-15(2)3/h8-10,12H,6-7,13H2,1-5H3. The summed E-state index contributed by atoms with van der Waals surface area (Å²) in [6.07, 6.45) is 3.94. The zero-order valence-electron chi connectivity index (χ0n) is 11.6. The van der Waals surface area contributed by atoms with Crippen molar-refractivity contribution in [2.24, 2.45) is 12.8 Å². The van der Waals surface area contributed by atoms with Crippen molar-refractivity contribution >= 4 is 0 Å². The van der Waals surface area contributed by atoms with E-state index in [1.165, 1.54) is 5.56 Å². The van der Waals surface area contributed by atoms with Crippen LogP contribution in [0.1, 0.15) is 18.5 Å². The van der Waals surface area contributed by atoms with Crippen LogP contribution in [0.15, 0.2) is 12.4 Å². The summed E-state index contributed by atoms with van der Waals surface area (Å²) in [6.45, 7) is 4.07. The largest absolute Gasteiger partial charge is 0.326 e. The number of hydrogen-bond acceptors (Lipinski definition) is 4. The summed E-state index contributed by atoms with van der Waals surface area (Å²) in [4.78, 5) is 4.47. The Morgan fingerprint density at radius 2 is 2.00 bits per heavy atom. The quantitative estimate of drug-likeness (QED) is 0.776. The molecular weight excluding hydrogens is 214 g/mol. The van der Waals surface area contributed by atoms with E-state index in [0.29, 0.717) is 0 Å². The van der Waals surface area contributed by atoms with Crippen LogP contribution in [0.3, 0.4) is 0 Å². The Balaban J connectivity index is 2.72. The molecule has 98 valence electrons. The van der Waals surface area contributed by atoms with Gasteiger partial charge < -0.3 is 10.6 Å². The van der Waals surface area contributed by atoms with E-state index in [1.54, 1.807) is 0 Å². The molecule has 0 saturated heterocycles. The first kappa shape index (κ1) is 14.2. The highest BCUT2D eigenvalue weighted by Crippen LogP contribution is 2.21. The van der Waals surface area contributed by atoms with E-state index < -0.39 is 0 Å². The molecule has 0 aliphatic rings. The van der Waals surface area contributed by atoms with Gasteiger partial charge in [-0.05, 0) is 28.1 Å². The van der Waals surface area contributed by atoms with E-state index in [4.69, 9.17) is 5.73 Å². The molecule has 2 unspecified atom stereocenters. The third-order valence-electron chi connectivity index (χ3n) is 2.94. The molecule has 0 amide bonds. The monoisotopic (exact) mass is 239 g/mol. The van der Waals surface area contributed by atoms with Gasteiger partial charge in [-0.15, -0.1) is 0 Å². The molecule has 5 heteroatoms. The highest BCUT2D eigenvalue weighted by molar-refractivity contribution is 5.12. The number of likely N-dealkylation sites (N-methyl/N-ethyl adjacent to an activating group) is 2. The summed E-state index contributed by atoms with van der Waals surface area (Å²) >= 11 is 0. The lowest BCUT2D eigenvalue weighted by Gasteiger charge is -2.31. The lowest BCUT2D eigenvalue weighted by atomic mass is 10.0. The first-order chi connectivity index (χ1) is 7.91. The second-order valence-electron chi connectivity index (χ2n) is 5.04. The Labute approximate surface area is 104 Å². The van der Waals surface area contributed by atoms with Crippen molar-refractivity contribution in [3.8, 4) is 0 Å². The molecule has 0 aliphatic carbocycles. The number of aryl methyl sites for hydroxylation is 1. The predicted molar refractivity (Wildman–Crippen MR) is 70.8 cm³/mol. The molecule has 1 aromatic heterocycles. The Hall–Kier alpha value is -0.910. The molecule has 17 heavy (non-hydrogen) atoms. The van der Waals surface area contributed by atoms with Gasteiger partial charge in [0.15, 0.2) is 0 Å². The van der Waals surface area contributed by atoms with Gasteiger partial charge in [0.1, 0.15) is 0 Å². The van der Waals surface area contributed by atoms with E-state index in [2.05, 4.69) is 36.0 Å². The second kappa shape index (κ2) is 6.14. The van der Waals surface area contributed by atoms with Crippen LogP contribution in [0, 0.1) is 0 Å². The molecule has 0 fully saturated rings. The molecular formula is C12H25N5. The minimum atomic E-state index is 0.0892. The van der Waals surface area contributed by atoms with Crippen molar-refractivity contribution in [3.63, 3.8) is 0 Å². The van der Waals surface area contributed by atoms with Gasteiger partial charge in [0.05, 0.1) is 12.2 Å². The van der Waals surface area contributed by atoms with Crippen molar-refractivity contribution in [3.05, 3.63) is 18.0 Å². The summed E-state index contributed by atoms with van der Waals surface area (Å²) in [5.41, 5.74) is 7.28. The summed E-state index contributed by atoms with van der Waals surface area (Å²) in [5.74, 6) is 0. The number of nitrogens with zero attached hydrogens (tertiary/aromatic N) is 4. The third-order valence-corrected chi connectivity index (χ3v) is 2.94. The van der Waals surface area contributed by atoms with Gasteiger partial charge in [0.25, 0.3) is 0 Å². The van der Waals surface area contributed by atoms with Crippen molar-refractivity contribution in [1.29, 1.82) is 0 Å². The maximum absolute atomic E-state index is 6.09. The van der Waals surface area contributed by atoms with Gasteiger partial charge in [0.2, 0.25) is 0 Å². The number of rotatable bonds is 6. The normalized spacial score (nSPS) is 15.5. The summed E-state index contributed by atoms with van der Waals surface area (Å²) in [5, 5.41) is 4.22.